The molecule has 1 N–H and O–H groups in total. The van der Waals surface area contributed by atoms with Gasteiger partial charge in [0.2, 0.25) is 0 Å². The number of aldehydes is 1. The monoisotopic (exact) mass is 374 g/mol. The van der Waals surface area contributed by atoms with Crippen LogP contribution in [0.1, 0.15) is 31.1 Å². The number of methoxy groups -OCH3 is 1. The molecule has 0 aromatic heterocycles. The number of hydrogen-bond acceptors (Lipinski definition) is 5. The van der Waals surface area contributed by atoms with Gasteiger partial charge in [-0.3, -0.25) is 4.79 Å². The molecule has 0 radical (unpaired) electrons. The molecule has 1 atom stereocenters. The third-order valence-electron chi connectivity index (χ3n) is 3.97. The molecule has 0 saturated heterocycles. The highest BCUT2D eigenvalue weighted by atomic mass is 35.5. The first kappa shape index (κ1) is 18.1. The molecule has 0 bridgehead atoms. The van der Waals surface area contributed by atoms with Gasteiger partial charge in [-0.15, -0.1) is 0 Å². The van der Waals surface area contributed by atoms with Gasteiger partial charge in [0.1, 0.15) is 11.5 Å². The van der Waals surface area contributed by atoms with E-state index in [0.29, 0.717) is 39.7 Å². The number of fused-ring (bicyclic) bond motifs is 1. The Morgan fingerprint density at radius 1 is 1.23 bits per heavy atom. The smallest absolute Gasteiger partial charge is 0.160 e. The van der Waals surface area contributed by atoms with E-state index in [1.54, 1.807) is 30.3 Å². The van der Waals surface area contributed by atoms with Gasteiger partial charge < -0.3 is 19.3 Å². The summed E-state index contributed by atoms with van der Waals surface area (Å²) in [6.07, 6.45) is -0.0326. The Hall–Kier alpha value is -2.66. The Labute approximate surface area is 156 Å². The molecule has 1 aliphatic heterocycles. The van der Waals surface area contributed by atoms with Crippen molar-refractivity contribution in [2.24, 2.45) is 0 Å². The van der Waals surface area contributed by atoms with Crippen molar-refractivity contribution in [2.75, 3.05) is 7.11 Å². The summed E-state index contributed by atoms with van der Waals surface area (Å²) in [6, 6.07) is 10.1. The highest BCUT2D eigenvalue weighted by Gasteiger charge is 2.30. The number of aromatic hydroxyl groups is 1. The molecule has 1 heterocycles. The number of halogens is 1. The van der Waals surface area contributed by atoms with Gasteiger partial charge in [0.15, 0.2) is 23.9 Å². The topological polar surface area (TPSA) is 65.0 Å². The third-order valence-corrected chi connectivity index (χ3v) is 4.39. The summed E-state index contributed by atoms with van der Waals surface area (Å²) in [4.78, 5) is 11.7. The first-order valence-corrected chi connectivity index (χ1v) is 8.52. The van der Waals surface area contributed by atoms with E-state index in [-0.39, 0.29) is 17.4 Å². The molecule has 1 unspecified atom stereocenters. The van der Waals surface area contributed by atoms with Crippen LogP contribution in [0, 0.1) is 0 Å². The number of ether oxygens (including phenoxy) is 3. The van der Waals surface area contributed by atoms with E-state index in [0.717, 1.165) is 0 Å². The van der Waals surface area contributed by atoms with Gasteiger partial charge in [-0.05, 0) is 44.2 Å². The SMILES string of the molecule is COc1ccc(C2Oc3ccc(OC(C)C)cc3C(Cl)=C2C=O)cc1O. The number of rotatable bonds is 5. The molecule has 0 saturated carbocycles. The number of benzene rings is 2. The maximum Gasteiger partial charge on any atom is 0.160 e. The molecule has 0 aliphatic carbocycles. The van der Waals surface area contributed by atoms with Crippen LogP contribution in [0.5, 0.6) is 23.0 Å². The van der Waals surface area contributed by atoms with Crippen molar-refractivity contribution in [3.05, 3.63) is 53.1 Å². The largest absolute Gasteiger partial charge is 0.504 e. The van der Waals surface area contributed by atoms with Crippen LogP contribution in [-0.4, -0.2) is 24.6 Å². The normalized spacial score (nSPS) is 16.1. The van der Waals surface area contributed by atoms with Crippen molar-refractivity contribution in [3.63, 3.8) is 0 Å². The van der Waals surface area contributed by atoms with Crippen LogP contribution < -0.4 is 14.2 Å². The molecule has 26 heavy (non-hydrogen) atoms. The van der Waals surface area contributed by atoms with E-state index in [1.807, 2.05) is 13.8 Å². The summed E-state index contributed by atoms with van der Waals surface area (Å²) in [5.74, 6) is 1.48. The predicted octanol–water partition coefficient (Wildman–Crippen LogP) is 4.47. The molecule has 1 aliphatic rings. The fraction of sp³-hybridized carbons (Fsp3) is 0.250. The molecular formula is C20H19ClO5. The van der Waals surface area contributed by atoms with Crippen molar-refractivity contribution >= 4 is 22.9 Å². The molecule has 5 nitrogen and oxygen atoms in total. The van der Waals surface area contributed by atoms with E-state index in [9.17, 15) is 9.90 Å². The lowest BCUT2D eigenvalue weighted by molar-refractivity contribution is -0.105. The lowest BCUT2D eigenvalue weighted by Crippen LogP contribution is -2.17. The molecule has 2 aromatic rings. The quantitative estimate of drug-likeness (QED) is 0.782. The van der Waals surface area contributed by atoms with Gasteiger partial charge in [-0.25, -0.2) is 0 Å². The molecule has 6 heteroatoms. The summed E-state index contributed by atoms with van der Waals surface area (Å²) in [7, 11) is 1.46. The molecule has 136 valence electrons. The maximum absolute atomic E-state index is 11.7. The van der Waals surface area contributed by atoms with Crippen LogP contribution in [0.2, 0.25) is 0 Å². The van der Waals surface area contributed by atoms with Gasteiger partial charge >= 0.3 is 0 Å². The van der Waals surface area contributed by atoms with Crippen LogP contribution in [0.15, 0.2) is 42.0 Å². The first-order valence-electron chi connectivity index (χ1n) is 8.14. The predicted molar refractivity (Wildman–Crippen MR) is 99.1 cm³/mol. The number of carbonyl (C=O) groups is 1. The zero-order chi connectivity index (χ0) is 18.8. The van der Waals surface area contributed by atoms with Crippen molar-refractivity contribution in [1.29, 1.82) is 0 Å². The van der Waals surface area contributed by atoms with Crippen molar-refractivity contribution in [1.82, 2.24) is 0 Å². The van der Waals surface area contributed by atoms with Crippen molar-refractivity contribution in [2.45, 2.75) is 26.1 Å². The lowest BCUT2D eigenvalue weighted by Gasteiger charge is -2.28. The number of hydrogen-bond donors (Lipinski definition) is 1. The zero-order valence-corrected chi connectivity index (χ0v) is 15.4. The summed E-state index contributed by atoms with van der Waals surface area (Å²) >= 11 is 6.49. The van der Waals surface area contributed by atoms with Gasteiger partial charge in [0.05, 0.1) is 23.8 Å². The summed E-state index contributed by atoms with van der Waals surface area (Å²) in [5, 5.41) is 10.3. The summed E-state index contributed by atoms with van der Waals surface area (Å²) in [5.41, 5.74) is 1.48. The van der Waals surface area contributed by atoms with Gasteiger partial charge in [-0.1, -0.05) is 17.7 Å². The van der Waals surface area contributed by atoms with E-state index < -0.39 is 6.10 Å². The highest BCUT2D eigenvalue weighted by molar-refractivity contribution is 6.51. The Kier molecular flexibility index (Phi) is 5.09. The molecule has 2 aromatic carbocycles. The fourth-order valence-corrected chi connectivity index (χ4v) is 3.11. The Morgan fingerprint density at radius 3 is 2.62 bits per heavy atom. The Bertz CT molecular complexity index is 873. The zero-order valence-electron chi connectivity index (χ0n) is 14.7. The van der Waals surface area contributed by atoms with Gasteiger partial charge in [0.25, 0.3) is 0 Å². The fourth-order valence-electron chi connectivity index (χ4n) is 2.82. The third kappa shape index (κ3) is 3.35. The molecule has 0 amide bonds. The minimum absolute atomic E-state index is 0.0147. The molecule has 0 fully saturated rings. The van der Waals surface area contributed by atoms with Crippen molar-refractivity contribution in [3.8, 4) is 23.0 Å². The maximum atomic E-state index is 11.7. The van der Waals surface area contributed by atoms with Crippen LogP contribution in [-0.2, 0) is 4.79 Å². The summed E-state index contributed by atoms with van der Waals surface area (Å²) in [6.45, 7) is 3.85. The van der Waals surface area contributed by atoms with E-state index >= 15 is 0 Å². The van der Waals surface area contributed by atoms with Crippen LogP contribution in [0.25, 0.3) is 5.03 Å². The van der Waals surface area contributed by atoms with Crippen LogP contribution in [0.4, 0.5) is 0 Å². The minimum atomic E-state index is -0.721. The van der Waals surface area contributed by atoms with E-state index in [4.69, 9.17) is 25.8 Å². The Morgan fingerprint density at radius 2 is 2.00 bits per heavy atom. The standard InChI is InChI=1S/C20H19ClO5/c1-11(2)25-13-5-7-17-14(9-13)19(21)15(10-22)20(26-17)12-4-6-18(24-3)16(23)8-12/h4-11,20,23H,1-3H3. The highest BCUT2D eigenvalue weighted by Crippen LogP contribution is 2.45. The summed E-state index contributed by atoms with van der Waals surface area (Å²) < 4.78 is 16.7. The average molecular weight is 375 g/mol. The second-order valence-corrected chi connectivity index (χ2v) is 6.52. The molecule has 3 rings (SSSR count). The lowest BCUT2D eigenvalue weighted by atomic mass is 9.96. The number of carbonyl (C=O) groups excluding carboxylic acids is 1. The van der Waals surface area contributed by atoms with Gasteiger partial charge in [0, 0.05) is 11.1 Å². The van der Waals surface area contributed by atoms with Gasteiger partial charge in [-0.2, -0.15) is 0 Å². The number of phenolic OH excluding ortho intramolecular Hbond substituents is 1. The number of phenols is 1. The van der Waals surface area contributed by atoms with Crippen molar-refractivity contribution < 1.29 is 24.1 Å². The van der Waals surface area contributed by atoms with E-state index in [2.05, 4.69) is 0 Å². The Balaban J connectivity index is 2.04. The van der Waals surface area contributed by atoms with Crippen LogP contribution in [0.3, 0.4) is 0 Å². The second kappa shape index (κ2) is 7.30. The molecule has 0 spiro atoms. The van der Waals surface area contributed by atoms with E-state index in [1.165, 1.54) is 13.2 Å². The molecular weight excluding hydrogens is 356 g/mol. The first-order chi connectivity index (χ1) is 12.4. The minimum Gasteiger partial charge on any atom is -0.504 e. The van der Waals surface area contributed by atoms with Crippen LogP contribution >= 0.6 is 11.6 Å². The second-order valence-electron chi connectivity index (χ2n) is 6.14. The average Bonchev–Trinajstić information content (AvgIpc) is 2.61.